The van der Waals surface area contributed by atoms with E-state index in [-0.39, 0.29) is 11.6 Å². The number of pyridine rings is 1. The summed E-state index contributed by atoms with van der Waals surface area (Å²) in [5, 5.41) is 12.0. The summed E-state index contributed by atoms with van der Waals surface area (Å²) in [6.45, 7) is 1.76. The van der Waals surface area contributed by atoms with Gasteiger partial charge >= 0.3 is 5.97 Å². The van der Waals surface area contributed by atoms with E-state index >= 15 is 0 Å². The average Bonchev–Trinajstić information content (AvgIpc) is 2.93. The predicted molar refractivity (Wildman–Crippen MR) is 78.2 cm³/mol. The molecular weight excluding hydrogens is 294 g/mol. The smallest absolute Gasteiger partial charge is 0.352 e. The van der Waals surface area contributed by atoms with Crippen LogP contribution in [0.25, 0.3) is 11.6 Å². The number of H-pyrrole nitrogens is 1. The largest absolute Gasteiger partial charge is 0.477 e. The molecular formula is C14H10ClN3O3. The summed E-state index contributed by atoms with van der Waals surface area (Å²) in [5.74, 6) is -0.975. The summed E-state index contributed by atoms with van der Waals surface area (Å²) < 4.78 is 0. The number of aryl methyl sites for hydroxylation is 1. The Morgan fingerprint density at radius 2 is 2.24 bits per heavy atom. The molecule has 1 aliphatic heterocycles. The third-order valence-electron chi connectivity index (χ3n) is 3.22. The maximum Gasteiger partial charge on any atom is 0.352 e. The lowest BCUT2D eigenvalue weighted by Crippen LogP contribution is -2.04. The van der Waals surface area contributed by atoms with Gasteiger partial charge in [-0.25, -0.2) is 9.78 Å². The molecule has 0 atom stereocenters. The quantitative estimate of drug-likeness (QED) is 0.743. The highest BCUT2D eigenvalue weighted by molar-refractivity contribution is 6.41. The Morgan fingerprint density at radius 1 is 1.48 bits per heavy atom. The van der Waals surface area contributed by atoms with Crippen LogP contribution in [-0.2, 0) is 4.79 Å². The van der Waals surface area contributed by atoms with Crippen LogP contribution in [0.5, 0.6) is 0 Å². The van der Waals surface area contributed by atoms with Gasteiger partial charge < -0.3 is 15.4 Å². The Morgan fingerprint density at radius 3 is 2.90 bits per heavy atom. The Bertz CT molecular complexity index is 808. The average molecular weight is 304 g/mol. The molecule has 0 aliphatic carbocycles. The van der Waals surface area contributed by atoms with Gasteiger partial charge in [0.1, 0.15) is 11.5 Å². The number of carbonyl (C=O) groups excluding carboxylic acids is 1. The lowest BCUT2D eigenvalue weighted by Gasteiger charge is -2.00. The Kier molecular flexibility index (Phi) is 3.03. The summed E-state index contributed by atoms with van der Waals surface area (Å²) >= 11 is 6.11. The number of carboxylic acid groups (broad SMARTS) is 1. The number of hydrogen-bond donors (Lipinski definition) is 3. The highest BCUT2D eigenvalue weighted by Crippen LogP contribution is 2.36. The van der Waals surface area contributed by atoms with Gasteiger partial charge in [-0.3, -0.25) is 4.79 Å². The molecule has 0 saturated heterocycles. The topological polar surface area (TPSA) is 95.1 Å². The van der Waals surface area contributed by atoms with Crippen molar-refractivity contribution in [2.75, 3.05) is 5.32 Å². The van der Waals surface area contributed by atoms with Crippen molar-refractivity contribution < 1.29 is 14.7 Å². The number of aromatic nitrogens is 2. The van der Waals surface area contributed by atoms with Crippen LogP contribution < -0.4 is 5.32 Å². The number of fused-ring (bicyclic) bond motifs is 1. The molecule has 2 aromatic heterocycles. The minimum atomic E-state index is -1.06. The van der Waals surface area contributed by atoms with Gasteiger partial charge in [0.15, 0.2) is 0 Å². The van der Waals surface area contributed by atoms with Gasteiger partial charge in [0.25, 0.3) is 5.91 Å². The number of anilines is 1. The second kappa shape index (κ2) is 4.75. The summed E-state index contributed by atoms with van der Waals surface area (Å²) in [7, 11) is 0. The molecule has 0 bridgehead atoms. The molecule has 1 aliphatic rings. The number of nitrogens with one attached hydrogen (secondary N) is 2. The molecule has 0 radical (unpaired) electrons. The number of carboxylic acids is 1. The molecule has 6 nitrogen and oxygen atoms in total. The molecule has 0 saturated carbocycles. The normalized spacial score (nSPS) is 15.1. The zero-order chi connectivity index (χ0) is 15.1. The number of rotatable bonds is 2. The molecule has 0 aromatic carbocycles. The molecule has 7 heteroatoms. The van der Waals surface area contributed by atoms with Crippen molar-refractivity contribution in [3.8, 4) is 0 Å². The van der Waals surface area contributed by atoms with E-state index in [9.17, 15) is 9.59 Å². The number of carbonyl (C=O) groups is 2. The molecule has 0 unspecified atom stereocenters. The fraction of sp³-hybridized carbons (Fsp3) is 0.0714. The minimum absolute atomic E-state index is 0.0651. The molecule has 1 amide bonds. The zero-order valence-electron chi connectivity index (χ0n) is 10.9. The van der Waals surface area contributed by atoms with Gasteiger partial charge in [-0.15, -0.1) is 0 Å². The van der Waals surface area contributed by atoms with Crippen molar-refractivity contribution >= 4 is 40.9 Å². The Balaban J connectivity index is 2.13. The van der Waals surface area contributed by atoms with E-state index in [1.165, 1.54) is 12.3 Å². The van der Waals surface area contributed by atoms with E-state index in [1.54, 1.807) is 19.1 Å². The first-order chi connectivity index (χ1) is 9.97. The highest BCUT2D eigenvalue weighted by atomic mass is 35.5. The van der Waals surface area contributed by atoms with E-state index < -0.39 is 5.97 Å². The molecule has 3 heterocycles. The van der Waals surface area contributed by atoms with Gasteiger partial charge in [-0.1, -0.05) is 11.6 Å². The van der Waals surface area contributed by atoms with Crippen LogP contribution in [0.1, 0.15) is 27.3 Å². The maximum absolute atomic E-state index is 12.0. The first-order valence-electron chi connectivity index (χ1n) is 6.08. The van der Waals surface area contributed by atoms with Gasteiger partial charge in [0.05, 0.1) is 10.6 Å². The minimum Gasteiger partial charge on any atom is -0.477 e. The predicted octanol–water partition coefficient (Wildman–Crippen LogP) is 2.56. The summed E-state index contributed by atoms with van der Waals surface area (Å²) in [4.78, 5) is 29.8. The van der Waals surface area contributed by atoms with Crippen molar-refractivity contribution in [1.29, 1.82) is 0 Å². The lowest BCUT2D eigenvalue weighted by molar-refractivity contribution is -0.110. The molecule has 106 valence electrons. The van der Waals surface area contributed by atoms with E-state index in [4.69, 9.17) is 16.7 Å². The van der Waals surface area contributed by atoms with Gasteiger partial charge in [-0.05, 0) is 30.7 Å². The third kappa shape index (κ3) is 2.19. The first-order valence-corrected chi connectivity index (χ1v) is 6.46. The van der Waals surface area contributed by atoms with Crippen molar-refractivity contribution in [3.05, 3.63) is 45.9 Å². The summed E-state index contributed by atoms with van der Waals surface area (Å²) in [6.07, 6.45) is 3.09. The number of aromatic carboxylic acids is 1. The number of halogens is 1. The molecule has 0 spiro atoms. The van der Waals surface area contributed by atoms with Crippen LogP contribution in [0.2, 0.25) is 5.02 Å². The Labute approximate surface area is 124 Å². The van der Waals surface area contributed by atoms with Crippen LogP contribution in [0.3, 0.4) is 0 Å². The van der Waals surface area contributed by atoms with E-state index in [0.29, 0.717) is 27.7 Å². The highest BCUT2D eigenvalue weighted by Gasteiger charge is 2.28. The monoisotopic (exact) mass is 303 g/mol. The van der Waals surface area contributed by atoms with E-state index in [2.05, 4.69) is 15.3 Å². The van der Waals surface area contributed by atoms with Crippen LogP contribution in [0, 0.1) is 6.92 Å². The number of nitrogens with zero attached hydrogens (tertiary/aromatic N) is 1. The maximum atomic E-state index is 12.0. The van der Waals surface area contributed by atoms with Gasteiger partial charge in [0.2, 0.25) is 0 Å². The second-order valence-electron chi connectivity index (χ2n) is 4.61. The Hall–Kier alpha value is -2.60. The number of amides is 1. The van der Waals surface area contributed by atoms with Crippen LogP contribution >= 0.6 is 11.6 Å². The van der Waals surface area contributed by atoms with Crippen molar-refractivity contribution in [2.45, 2.75) is 6.92 Å². The lowest BCUT2D eigenvalue weighted by atomic mass is 10.1. The standard InChI is InChI=1S/C14H10ClN3O3/c1-6-4-10(14(20)21)17-9(6)5-7-11-8(15)2-3-16-12(11)18-13(7)19/h2-5,17H,1H3,(H,20,21)(H,16,18,19). The molecule has 3 N–H and O–H groups in total. The summed E-state index contributed by atoms with van der Waals surface area (Å²) in [5.41, 5.74) is 2.21. The first kappa shape index (κ1) is 13.4. The fourth-order valence-electron chi connectivity index (χ4n) is 2.20. The summed E-state index contributed by atoms with van der Waals surface area (Å²) in [6, 6.07) is 3.10. The van der Waals surface area contributed by atoms with Gasteiger partial charge in [0, 0.05) is 17.5 Å². The number of aromatic amines is 1. The van der Waals surface area contributed by atoms with Crippen LogP contribution in [0.4, 0.5) is 5.82 Å². The molecule has 0 fully saturated rings. The van der Waals surface area contributed by atoms with Crippen molar-refractivity contribution in [3.63, 3.8) is 0 Å². The fourth-order valence-corrected chi connectivity index (χ4v) is 2.45. The van der Waals surface area contributed by atoms with Crippen LogP contribution in [-0.4, -0.2) is 27.0 Å². The molecule has 3 rings (SSSR count). The SMILES string of the molecule is Cc1cc(C(=O)O)[nH]c1C=C1C(=O)Nc2nccc(Cl)c21. The van der Waals surface area contributed by atoms with Crippen LogP contribution in [0.15, 0.2) is 18.3 Å². The van der Waals surface area contributed by atoms with E-state index in [1.807, 2.05) is 0 Å². The van der Waals surface area contributed by atoms with Crippen molar-refractivity contribution in [2.24, 2.45) is 0 Å². The second-order valence-corrected chi connectivity index (χ2v) is 5.02. The van der Waals surface area contributed by atoms with E-state index in [0.717, 1.165) is 5.56 Å². The molecule has 21 heavy (non-hydrogen) atoms. The van der Waals surface area contributed by atoms with Gasteiger partial charge in [-0.2, -0.15) is 0 Å². The van der Waals surface area contributed by atoms with Crippen molar-refractivity contribution in [1.82, 2.24) is 9.97 Å². The number of hydrogen-bond acceptors (Lipinski definition) is 3. The third-order valence-corrected chi connectivity index (χ3v) is 3.54. The zero-order valence-corrected chi connectivity index (χ0v) is 11.7. The molecule has 2 aromatic rings.